The van der Waals surface area contributed by atoms with E-state index < -0.39 is 0 Å². The first-order chi connectivity index (χ1) is 8.22. The van der Waals surface area contributed by atoms with E-state index >= 15 is 0 Å². The van der Waals surface area contributed by atoms with Gasteiger partial charge >= 0.3 is 0 Å². The first-order valence-corrected chi connectivity index (χ1v) is 5.74. The third-order valence-corrected chi connectivity index (χ3v) is 2.59. The lowest BCUT2D eigenvalue weighted by atomic mass is 10.2. The van der Waals surface area contributed by atoms with Crippen LogP contribution in [0.25, 0.3) is 0 Å². The zero-order valence-corrected chi connectivity index (χ0v) is 10.2. The van der Waals surface area contributed by atoms with E-state index in [1.807, 2.05) is 0 Å². The van der Waals surface area contributed by atoms with Crippen molar-refractivity contribution in [1.82, 2.24) is 5.32 Å². The summed E-state index contributed by atoms with van der Waals surface area (Å²) in [5, 5.41) is 11.8. The van der Waals surface area contributed by atoms with Gasteiger partial charge < -0.3 is 14.8 Å². The zero-order valence-electron chi connectivity index (χ0n) is 9.40. The summed E-state index contributed by atoms with van der Waals surface area (Å²) in [5.41, 5.74) is 0.545. The monoisotopic (exact) mass is 248 g/mol. The molecule has 1 aromatic rings. The molecule has 0 saturated heterocycles. The first-order valence-electron chi connectivity index (χ1n) is 5.33. The topological polar surface area (TPSA) is 54.3 Å². The minimum absolute atomic E-state index is 0.245. The minimum atomic E-state index is 0.245. The third-order valence-electron chi connectivity index (χ3n) is 2.30. The maximum atomic E-state index is 8.85. The van der Waals surface area contributed by atoms with Crippen LogP contribution in [0.3, 0.4) is 0 Å². The zero-order chi connectivity index (χ0) is 12.3. The van der Waals surface area contributed by atoms with Gasteiger partial charge in [-0.2, -0.15) is 5.26 Å². The number of nitrogens with zero attached hydrogens (tertiary/aromatic N) is 1. The predicted molar refractivity (Wildman–Crippen MR) is 67.1 cm³/mol. The Morgan fingerprint density at radius 2 is 2.24 bits per heavy atom. The van der Waals surface area contributed by atoms with Crippen LogP contribution in [-0.2, 0) is 0 Å². The van der Waals surface area contributed by atoms with Crippen LogP contribution in [0.4, 0.5) is 0 Å². The summed E-state index contributed by atoms with van der Waals surface area (Å²) in [6, 6.07) is 7.11. The van der Waals surface area contributed by atoms with Crippen LogP contribution in [0.5, 0.6) is 11.5 Å². The van der Waals surface area contributed by atoms with E-state index in [2.05, 4.69) is 11.4 Å². The van der Waals surface area contributed by atoms with Crippen LogP contribution in [0.15, 0.2) is 18.2 Å². The highest BCUT2D eigenvalue weighted by Gasteiger charge is 2.25. The molecule has 1 saturated carbocycles. The molecule has 0 unspecified atom stereocenters. The number of rotatable bonds is 3. The molecule has 0 bridgehead atoms. The Labute approximate surface area is 105 Å². The quantitative estimate of drug-likeness (QED) is 0.829. The van der Waals surface area contributed by atoms with Gasteiger partial charge in [-0.05, 0) is 37.2 Å². The average Bonchev–Trinajstić information content (AvgIpc) is 3.15. The van der Waals surface area contributed by atoms with Gasteiger partial charge in [0.25, 0.3) is 5.17 Å². The highest BCUT2D eigenvalue weighted by Crippen LogP contribution is 2.34. The molecule has 88 valence electrons. The Kier molecular flexibility index (Phi) is 3.45. The minimum Gasteiger partial charge on any atom is -0.486 e. The molecule has 1 aliphatic carbocycles. The molecule has 5 heteroatoms. The molecule has 17 heavy (non-hydrogen) atoms. The van der Waals surface area contributed by atoms with Crippen molar-refractivity contribution in [1.29, 1.82) is 5.26 Å². The fraction of sp³-hybridized carbons (Fsp3) is 0.333. The molecule has 4 nitrogen and oxygen atoms in total. The van der Waals surface area contributed by atoms with E-state index in [1.165, 1.54) is 0 Å². The fourth-order valence-electron chi connectivity index (χ4n) is 1.27. The van der Waals surface area contributed by atoms with Crippen LogP contribution in [-0.4, -0.2) is 18.3 Å². The highest BCUT2D eigenvalue weighted by atomic mass is 32.1. The first kappa shape index (κ1) is 11.7. The molecule has 1 aliphatic rings. The molecule has 1 fully saturated rings. The van der Waals surface area contributed by atoms with Crippen molar-refractivity contribution in [2.24, 2.45) is 0 Å². The molecule has 0 atom stereocenters. The van der Waals surface area contributed by atoms with E-state index in [1.54, 1.807) is 25.2 Å². The summed E-state index contributed by atoms with van der Waals surface area (Å²) in [6.07, 6.45) is 2.34. The maximum Gasteiger partial charge on any atom is 0.262 e. The lowest BCUT2D eigenvalue weighted by molar-refractivity contribution is 0.292. The molecule has 0 aromatic heterocycles. The molecule has 0 radical (unpaired) electrons. The standard InChI is InChI=1S/C12H12N2O2S/c1-14-12(17)16-10-5-2-8(7-13)6-11(10)15-9-3-4-9/h2,5-6,9H,3-4H2,1H3,(H,14,17). The predicted octanol–water partition coefficient (Wildman–Crippen LogP) is 1.98. The molecular weight excluding hydrogens is 236 g/mol. The van der Waals surface area contributed by atoms with Gasteiger partial charge in [0.1, 0.15) is 0 Å². The van der Waals surface area contributed by atoms with Crippen molar-refractivity contribution in [3.63, 3.8) is 0 Å². The number of nitrogens with one attached hydrogen (secondary N) is 1. The number of nitriles is 1. The van der Waals surface area contributed by atoms with E-state index in [-0.39, 0.29) is 11.3 Å². The maximum absolute atomic E-state index is 8.85. The van der Waals surface area contributed by atoms with E-state index in [0.29, 0.717) is 17.1 Å². The van der Waals surface area contributed by atoms with Gasteiger partial charge in [-0.1, -0.05) is 0 Å². The normalized spacial score (nSPS) is 13.6. The molecule has 0 aliphatic heterocycles. The van der Waals surface area contributed by atoms with Crippen molar-refractivity contribution in [3.8, 4) is 17.6 Å². The van der Waals surface area contributed by atoms with E-state index in [4.69, 9.17) is 27.0 Å². The van der Waals surface area contributed by atoms with E-state index in [0.717, 1.165) is 12.8 Å². The lowest BCUT2D eigenvalue weighted by Gasteiger charge is -2.12. The van der Waals surface area contributed by atoms with Gasteiger partial charge in [-0.15, -0.1) is 0 Å². The summed E-state index contributed by atoms with van der Waals surface area (Å²) in [6.45, 7) is 0. The Bertz CT molecular complexity index is 478. The number of benzene rings is 1. The van der Waals surface area contributed by atoms with Crippen molar-refractivity contribution in [2.75, 3.05) is 7.05 Å². The largest absolute Gasteiger partial charge is 0.486 e. The number of hydrogen-bond acceptors (Lipinski definition) is 4. The molecule has 2 rings (SSSR count). The van der Waals surface area contributed by atoms with Crippen LogP contribution < -0.4 is 14.8 Å². The van der Waals surface area contributed by atoms with Crippen molar-refractivity contribution < 1.29 is 9.47 Å². The molecular formula is C12H12N2O2S. The lowest BCUT2D eigenvalue weighted by Crippen LogP contribution is -2.22. The van der Waals surface area contributed by atoms with Crippen LogP contribution in [0.2, 0.25) is 0 Å². The smallest absolute Gasteiger partial charge is 0.262 e. The van der Waals surface area contributed by atoms with Gasteiger partial charge in [0.05, 0.1) is 17.7 Å². The van der Waals surface area contributed by atoms with Crippen molar-refractivity contribution in [2.45, 2.75) is 18.9 Å². The van der Waals surface area contributed by atoms with Gasteiger partial charge in [0, 0.05) is 13.1 Å². The number of hydrogen-bond donors (Lipinski definition) is 1. The summed E-state index contributed by atoms with van der Waals surface area (Å²) in [5.74, 6) is 1.11. The molecule has 0 amide bonds. The molecule has 1 N–H and O–H groups in total. The van der Waals surface area contributed by atoms with Crippen LogP contribution in [0, 0.1) is 11.3 Å². The number of ether oxygens (including phenoxy) is 2. The summed E-state index contributed by atoms with van der Waals surface area (Å²) in [7, 11) is 1.69. The molecule has 0 spiro atoms. The Balaban J connectivity index is 2.22. The van der Waals surface area contributed by atoms with Crippen LogP contribution in [0.1, 0.15) is 18.4 Å². The average molecular weight is 248 g/mol. The van der Waals surface area contributed by atoms with E-state index in [9.17, 15) is 0 Å². The SMILES string of the molecule is CNC(=S)Oc1ccc(C#N)cc1OC1CC1. The van der Waals surface area contributed by atoms with Gasteiger partial charge in [-0.25, -0.2) is 0 Å². The van der Waals surface area contributed by atoms with Gasteiger partial charge in [-0.3, -0.25) is 0 Å². The second-order valence-corrected chi connectivity index (χ2v) is 4.10. The summed E-state index contributed by atoms with van der Waals surface area (Å²) < 4.78 is 11.1. The second-order valence-electron chi connectivity index (χ2n) is 3.73. The van der Waals surface area contributed by atoms with Crippen LogP contribution >= 0.6 is 12.2 Å². The summed E-state index contributed by atoms with van der Waals surface area (Å²) >= 11 is 4.93. The molecule has 1 aromatic carbocycles. The van der Waals surface area contributed by atoms with Crippen molar-refractivity contribution >= 4 is 17.4 Å². The van der Waals surface area contributed by atoms with Gasteiger partial charge in [0.2, 0.25) is 0 Å². The highest BCUT2D eigenvalue weighted by molar-refractivity contribution is 7.80. The Morgan fingerprint density at radius 1 is 1.47 bits per heavy atom. The summed E-state index contributed by atoms with van der Waals surface area (Å²) in [4.78, 5) is 0. The third kappa shape index (κ3) is 3.08. The fourth-order valence-corrected chi connectivity index (χ4v) is 1.36. The molecule has 0 heterocycles. The van der Waals surface area contributed by atoms with Crippen molar-refractivity contribution in [3.05, 3.63) is 23.8 Å². The van der Waals surface area contributed by atoms with Gasteiger partial charge in [0.15, 0.2) is 11.5 Å². The second kappa shape index (κ2) is 5.02. The Hall–Kier alpha value is -1.80. The Morgan fingerprint density at radius 3 is 2.82 bits per heavy atom. The number of thiocarbonyl (C=S) groups is 1.